The van der Waals surface area contributed by atoms with Crippen LogP contribution in [0.4, 0.5) is 8.78 Å². The Morgan fingerprint density at radius 2 is 1.45 bits per heavy atom. The predicted molar refractivity (Wildman–Crippen MR) is 132 cm³/mol. The number of rotatable bonds is 5. The van der Waals surface area contributed by atoms with Gasteiger partial charge in [-0.25, -0.2) is 8.78 Å². The van der Waals surface area contributed by atoms with E-state index in [1.54, 1.807) is 0 Å². The summed E-state index contributed by atoms with van der Waals surface area (Å²) in [6.07, 6.45) is 1.53. The fourth-order valence-electron chi connectivity index (χ4n) is 3.46. The number of aromatic nitrogens is 1. The molecule has 0 aliphatic rings. The van der Waals surface area contributed by atoms with Crippen molar-refractivity contribution in [2.24, 2.45) is 0 Å². The quantitative estimate of drug-likeness (QED) is 0.301. The Morgan fingerprint density at radius 1 is 0.871 bits per heavy atom. The first kappa shape index (κ1) is 23.0. The van der Waals surface area contributed by atoms with Gasteiger partial charge in [-0.3, -0.25) is 4.98 Å². The lowest BCUT2D eigenvalue weighted by Crippen LogP contribution is -2.12. The van der Waals surface area contributed by atoms with Crippen LogP contribution in [-0.4, -0.2) is 4.98 Å². The van der Waals surface area contributed by atoms with Crippen LogP contribution in [0.2, 0.25) is 0 Å². The molecule has 0 aliphatic heterocycles. The zero-order valence-corrected chi connectivity index (χ0v) is 19.6. The predicted octanol–water partition coefficient (Wildman–Crippen LogP) is 7.38. The number of hydrogen-bond donors (Lipinski definition) is 0. The van der Waals surface area contributed by atoms with Gasteiger partial charge in [-0.1, -0.05) is 70.3 Å². The first-order chi connectivity index (χ1) is 14.4. The zero-order chi connectivity index (χ0) is 23.0. The Morgan fingerprint density at radius 3 is 2.00 bits per heavy atom. The number of hydrogen-bond acceptors (Lipinski definition) is 1. The number of pyridine rings is 1. The van der Waals surface area contributed by atoms with E-state index in [2.05, 4.69) is 72.4 Å². The van der Waals surface area contributed by atoms with Crippen LogP contribution < -0.4 is 5.30 Å². The molecule has 4 heteroatoms. The summed E-state index contributed by atoms with van der Waals surface area (Å²) in [7, 11) is 2.63. The van der Waals surface area contributed by atoms with E-state index in [0.29, 0.717) is 5.56 Å². The highest BCUT2D eigenvalue weighted by atomic mass is 31.0. The van der Waals surface area contributed by atoms with Gasteiger partial charge in [0.15, 0.2) is 0 Å². The van der Waals surface area contributed by atoms with Gasteiger partial charge in [0.1, 0.15) is 0 Å². The smallest absolute Gasteiger partial charge is 0.256 e. The van der Waals surface area contributed by atoms with E-state index in [-0.39, 0.29) is 16.7 Å². The molecule has 1 heterocycles. The van der Waals surface area contributed by atoms with Crippen LogP contribution in [0.25, 0.3) is 22.4 Å². The molecule has 0 N–H and O–H groups in total. The molecule has 3 aromatic rings. The number of allylic oxidation sites excluding steroid dienone is 2. The first-order valence-corrected chi connectivity index (χ1v) is 10.7. The molecule has 3 rings (SSSR count). The van der Waals surface area contributed by atoms with E-state index in [9.17, 15) is 8.78 Å². The van der Waals surface area contributed by atoms with Gasteiger partial charge >= 0.3 is 0 Å². The van der Waals surface area contributed by atoms with Crippen LogP contribution in [0.15, 0.2) is 74.0 Å². The van der Waals surface area contributed by atoms with Crippen LogP contribution in [0, 0.1) is 0 Å². The van der Waals surface area contributed by atoms with Crippen LogP contribution in [0.5, 0.6) is 0 Å². The van der Waals surface area contributed by atoms with Gasteiger partial charge in [-0.15, -0.1) is 9.24 Å². The number of halogens is 2. The minimum absolute atomic E-state index is 0.0840. The molecule has 2 aromatic carbocycles. The van der Waals surface area contributed by atoms with Crippen molar-refractivity contribution in [3.63, 3.8) is 0 Å². The molecule has 1 unspecified atom stereocenters. The largest absolute Gasteiger partial charge is 0.272 e. The van der Waals surface area contributed by atoms with Gasteiger partial charge in [0.05, 0.1) is 5.69 Å². The molecule has 0 radical (unpaired) electrons. The lowest BCUT2D eigenvalue weighted by Gasteiger charge is -2.20. The molecular formula is C27H28F2NP. The zero-order valence-electron chi connectivity index (χ0n) is 18.5. The second-order valence-corrected chi connectivity index (χ2v) is 9.50. The van der Waals surface area contributed by atoms with Crippen molar-refractivity contribution in [1.82, 2.24) is 4.98 Å². The van der Waals surface area contributed by atoms with Crippen molar-refractivity contribution in [3.8, 4) is 11.3 Å². The second-order valence-electron chi connectivity index (χ2n) is 8.87. The molecule has 0 aliphatic carbocycles. The lowest BCUT2D eigenvalue weighted by atomic mass is 9.85. The molecule has 1 nitrogen and oxygen atoms in total. The maximum Gasteiger partial charge on any atom is 0.272 e. The molecule has 0 saturated heterocycles. The Hall–Kier alpha value is -2.64. The third-order valence-corrected chi connectivity index (χ3v) is 5.88. The van der Waals surface area contributed by atoms with Crippen molar-refractivity contribution in [1.29, 1.82) is 0 Å². The lowest BCUT2D eigenvalue weighted by molar-refractivity contribution is 0.0178. The minimum atomic E-state index is -2.98. The van der Waals surface area contributed by atoms with Gasteiger partial charge in [0, 0.05) is 24.2 Å². The van der Waals surface area contributed by atoms with Crippen molar-refractivity contribution in [2.45, 2.75) is 39.0 Å². The number of alkyl halides is 2. The average molecular weight is 435 g/mol. The van der Waals surface area contributed by atoms with Gasteiger partial charge < -0.3 is 0 Å². The topological polar surface area (TPSA) is 12.9 Å². The molecular weight excluding hydrogens is 407 g/mol. The highest BCUT2D eigenvalue weighted by molar-refractivity contribution is 7.28. The summed E-state index contributed by atoms with van der Waals surface area (Å²) in [6, 6.07) is 16.9. The van der Waals surface area contributed by atoms with Crippen molar-refractivity contribution in [2.75, 3.05) is 0 Å². The second kappa shape index (κ2) is 8.48. The molecule has 0 fully saturated rings. The van der Waals surface area contributed by atoms with Gasteiger partial charge in [-0.2, -0.15) is 0 Å². The van der Waals surface area contributed by atoms with E-state index in [1.165, 1.54) is 23.9 Å². The molecule has 1 aromatic heterocycles. The van der Waals surface area contributed by atoms with Crippen LogP contribution in [0.1, 0.15) is 49.9 Å². The average Bonchev–Trinajstić information content (AvgIpc) is 2.71. The molecule has 0 spiro atoms. The van der Waals surface area contributed by atoms with Crippen LogP contribution in [-0.2, 0) is 11.3 Å². The van der Waals surface area contributed by atoms with Crippen LogP contribution in [0.3, 0.4) is 0 Å². The Labute approximate surface area is 186 Å². The summed E-state index contributed by atoms with van der Waals surface area (Å²) < 4.78 is 28.1. The van der Waals surface area contributed by atoms with Gasteiger partial charge in [-0.05, 0) is 56.8 Å². The number of benzene rings is 2. The summed E-state index contributed by atoms with van der Waals surface area (Å²) in [4.78, 5) is 4.23. The third-order valence-electron chi connectivity index (χ3n) is 5.40. The first-order valence-electron chi connectivity index (χ1n) is 10.1. The Kier molecular flexibility index (Phi) is 6.30. The standard InChI is InChI=1S/C27H28F2NP/c1-17(19-9-12-21(13-10-19)26(3,4)5)18(2)20-11-14-22(24(31)16-20)25-23(27(6,28)29)8-7-15-30-25/h7-16H,1-2,31H2,3-6H3. The summed E-state index contributed by atoms with van der Waals surface area (Å²) in [5.74, 6) is -2.98. The van der Waals surface area contributed by atoms with E-state index in [0.717, 1.165) is 34.5 Å². The Balaban J connectivity index is 1.92. The fraction of sp³-hybridized carbons (Fsp3) is 0.222. The summed E-state index contributed by atoms with van der Waals surface area (Å²) in [5.41, 5.74) is 5.70. The Bertz CT molecular complexity index is 1130. The highest BCUT2D eigenvalue weighted by Gasteiger charge is 2.29. The SMILES string of the molecule is C=C(C(=C)c1ccc(-c2ncccc2C(C)(F)F)c(P)c1)c1ccc(C(C)(C)C)cc1. The number of nitrogens with zero attached hydrogens (tertiary/aromatic N) is 1. The van der Waals surface area contributed by atoms with Crippen molar-refractivity contribution >= 4 is 25.7 Å². The summed E-state index contributed by atoms with van der Waals surface area (Å²) in [5, 5.41) is 0.777. The van der Waals surface area contributed by atoms with Crippen molar-refractivity contribution in [3.05, 3.63) is 96.2 Å². The minimum Gasteiger partial charge on any atom is -0.256 e. The molecule has 160 valence electrons. The monoisotopic (exact) mass is 435 g/mol. The van der Waals surface area contributed by atoms with E-state index >= 15 is 0 Å². The van der Waals surface area contributed by atoms with Gasteiger partial charge in [0.2, 0.25) is 0 Å². The normalized spacial score (nSPS) is 12.0. The van der Waals surface area contributed by atoms with E-state index in [1.807, 2.05) is 18.2 Å². The summed E-state index contributed by atoms with van der Waals surface area (Å²) in [6.45, 7) is 15.9. The fourth-order valence-corrected chi connectivity index (χ4v) is 3.87. The van der Waals surface area contributed by atoms with E-state index < -0.39 is 5.92 Å². The third kappa shape index (κ3) is 4.99. The molecule has 0 saturated carbocycles. The highest BCUT2D eigenvalue weighted by Crippen LogP contribution is 2.35. The molecule has 0 bridgehead atoms. The van der Waals surface area contributed by atoms with E-state index in [4.69, 9.17) is 0 Å². The van der Waals surface area contributed by atoms with Crippen LogP contribution >= 0.6 is 9.24 Å². The summed E-state index contributed by atoms with van der Waals surface area (Å²) >= 11 is 0. The molecule has 1 atom stereocenters. The van der Waals surface area contributed by atoms with Crippen molar-refractivity contribution < 1.29 is 8.78 Å². The van der Waals surface area contributed by atoms with Gasteiger partial charge in [0.25, 0.3) is 5.92 Å². The maximum absolute atomic E-state index is 14.1. The molecule has 0 amide bonds. The maximum atomic E-state index is 14.1. The molecule has 31 heavy (non-hydrogen) atoms.